The smallest absolute Gasteiger partial charge is 0.0606 e. The number of anilines is 2. The van der Waals surface area contributed by atoms with Crippen molar-refractivity contribution in [2.24, 2.45) is 0 Å². The van der Waals surface area contributed by atoms with Crippen molar-refractivity contribution in [1.82, 2.24) is 0 Å². The first-order chi connectivity index (χ1) is 9.72. The third-order valence-corrected chi connectivity index (χ3v) is 3.84. The fourth-order valence-electron chi connectivity index (χ4n) is 2.72. The molecule has 1 fully saturated rings. The van der Waals surface area contributed by atoms with E-state index in [0.717, 1.165) is 37.4 Å². The van der Waals surface area contributed by atoms with Gasteiger partial charge in [0.25, 0.3) is 0 Å². The molecule has 112 valence electrons. The molecule has 2 atom stereocenters. The standard InChI is InChI=1S/C16H26N2O2/c1-3-18(9-10-19)16-6-4-14(5-7-16)17-15-8-11-20-13(2)12-15/h4-7,13,15,17,19H,3,8-12H2,1-2H3. The molecule has 0 aliphatic carbocycles. The number of nitrogens with zero attached hydrogens (tertiary/aromatic N) is 1. The lowest BCUT2D eigenvalue weighted by Crippen LogP contribution is -2.32. The van der Waals surface area contributed by atoms with Gasteiger partial charge in [0.15, 0.2) is 0 Å². The Morgan fingerprint density at radius 1 is 1.35 bits per heavy atom. The van der Waals surface area contributed by atoms with Gasteiger partial charge in [-0.3, -0.25) is 0 Å². The molecule has 0 bridgehead atoms. The van der Waals surface area contributed by atoms with Gasteiger partial charge in [0.2, 0.25) is 0 Å². The summed E-state index contributed by atoms with van der Waals surface area (Å²) in [5.41, 5.74) is 2.32. The molecule has 2 rings (SSSR count). The summed E-state index contributed by atoms with van der Waals surface area (Å²) >= 11 is 0. The van der Waals surface area contributed by atoms with Gasteiger partial charge in [-0.1, -0.05) is 0 Å². The number of aliphatic hydroxyl groups excluding tert-OH is 1. The Labute approximate surface area is 121 Å². The first kappa shape index (κ1) is 15.1. The molecule has 1 aliphatic rings. The zero-order valence-corrected chi connectivity index (χ0v) is 12.5. The van der Waals surface area contributed by atoms with E-state index in [2.05, 4.69) is 48.3 Å². The second-order valence-corrected chi connectivity index (χ2v) is 5.40. The number of likely N-dealkylation sites (N-methyl/N-ethyl adjacent to an activating group) is 1. The van der Waals surface area contributed by atoms with Crippen LogP contribution in [-0.4, -0.2) is 43.6 Å². The Morgan fingerprint density at radius 3 is 2.70 bits per heavy atom. The van der Waals surface area contributed by atoms with Crippen molar-refractivity contribution in [3.05, 3.63) is 24.3 Å². The summed E-state index contributed by atoms with van der Waals surface area (Å²) in [5.74, 6) is 0. The van der Waals surface area contributed by atoms with Crippen LogP contribution in [0, 0.1) is 0 Å². The molecule has 2 unspecified atom stereocenters. The van der Waals surface area contributed by atoms with Crippen LogP contribution in [-0.2, 0) is 4.74 Å². The third-order valence-electron chi connectivity index (χ3n) is 3.84. The van der Waals surface area contributed by atoms with E-state index < -0.39 is 0 Å². The molecule has 1 aromatic carbocycles. The van der Waals surface area contributed by atoms with Crippen LogP contribution < -0.4 is 10.2 Å². The van der Waals surface area contributed by atoms with Crippen LogP contribution in [0.25, 0.3) is 0 Å². The van der Waals surface area contributed by atoms with Crippen LogP contribution in [0.1, 0.15) is 26.7 Å². The maximum Gasteiger partial charge on any atom is 0.0606 e. The minimum absolute atomic E-state index is 0.188. The minimum atomic E-state index is 0.188. The number of nitrogens with one attached hydrogen (secondary N) is 1. The van der Waals surface area contributed by atoms with E-state index in [1.165, 1.54) is 0 Å². The van der Waals surface area contributed by atoms with E-state index in [1.807, 2.05) is 0 Å². The first-order valence-corrected chi connectivity index (χ1v) is 7.57. The zero-order valence-electron chi connectivity index (χ0n) is 12.5. The predicted molar refractivity (Wildman–Crippen MR) is 83.5 cm³/mol. The summed E-state index contributed by atoms with van der Waals surface area (Å²) in [4.78, 5) is 2.17. The van der Waals surface area contributed by atoms with Gasteiger partial charge in [0, 0.05) is 37.1 Å². The summed E-state index contributed by atoms with van der Waals surface area (Å²) in [6.07, 6.45) is 2.48. The van der Waals surface area contributed by atoms with Gasteiger partial charge >= 0.3 is 0 Å². The van der Waals surface area contributed by atoms with Gasteiger partial charge in [0.1, 0.15) is 0 Å². The second-order valence-electron chi connectivity index (χ2n) is 5.40. The van der Waals surface area contributed by atoms with Crippen molar-refractivity contribution in [3.8, 4) is 0 Å². The van der Waals surface area contributed by atoms with E-state index in [-0.39, 0.29) is 6.61 Å². The number of hydrogen-bond donors (Lipinski definition) is 2. The Morgan fingerprint density at radius 2 is 2.10 bits per heavy atom. The van der Waals surface area contributed by atoms with Gasteiger partial charge in [-0.2, -0.15) is 0 Å². The molecule has 1 aromatic rings. The van der Waals surface area contributed by atoms with E-state index in [1.54, 1.807) is 0 Å². The number of rotatable bonds is 6. The van der Waals surface area contributed by atoms with Crippen LogP contribution in [0.4, 0.5) is 11.4 Å². The highest BCUT2D eigenvalue weighted by molar-refractivity contribution is 5.55. The largest absolute Gasteiger partial charge is 0.395 e. The molecular weight excluding hydrogens is 252 g/mol. The Hall–Kier alpha value is -1.26. The van der Waals surface area contributed by atoms with Crippen molar-refractivity contribution in [2.45, 2.75) is 38.8 Å². The summed E-state index contributed by atoms with van der Waals surface area (Å²) in [6.45, 7) is 6.85. The highest BCUT2D eigenvalue weighted by Crippen LogP contribution is 2.21. The summed E-state index contributed by atoms with van der Waals surface area (Å²) in [5, 5.41) is 12.6. The molecule has 0 aromatic heterocycles. The van der Waals surface area contributed by atoms with Crippen LogP contribution in [0.5, 0.6) is 0 Å². The molecule has 0 saturated carbocycles. The summed E-state index contributed by atoms with van der Waals surface area (Å²) in [7, 11) is 0. The average Bonchev–Trinajstić information content (AvgIpc) is 2.46. The lowest BCUT2D eigenvalue weighted by molar-refractivity contribution is 0.0232. The molecule has 1 saturated heterocycles. The molecule has 1 aliphatic heterocycles. The maximum atomic E-state index is 9.06. The normalized spacial score (nSPS) is 22.6. The minimum Gasteiger partial charge on any atom is -0.395 e. The van der Waals surface area contributed by atoms with Crippen LogP contribution in [0.15, 0.2) is 24.3 Å². The molecule has 2 N–H and O–H groups in total. The topological polar surface area (TPSA) is 44.7 Å². The van der Waals surface area contributed by atoms with E-state index in [4.69, 9.17) is 9.84 Å². The number of benzene rings is 1. The molecule has 4 nitrogen and oxygen atoms in total. The van der Waals surface area contributed by atoms with Crippen LogP contribution in [0.3, 0.4) is 0 Å². The van der Waals surface area contributed by atoms with Crippen molar-refractivity contribution < 1.29 is 9.84 Å². The third kappa shape index (κ3) is 4.12. The quantitative estimate of drug-likeness (QED) is 0.839. The monoisotopic (exact) mass is 278 g/mol. The molecular formula is C16H26N2O2. The molecule has 0 amide bonds. The van der Waals surface area contributed by atoms with E-state index in [9.17, 15) is 0 Å². The van der Waals surface area contributed by atoms with Crippen molar-refractivity contribution in [3.63, 3.8) is 0 Å². The van der Waals surface area contributed by atoms with Gasteiger partial charge in [0.05, 0.1) is 12.7 Å². The fourth-order valence-corrected chi connectivity index (χ4v) is 2.72. The van der Waals surface area contributed by atoms with Crippen molar-refractivity contribution >= 4 is 11.4 Å². The van der Waals surface area contributed by atoms with E-state index >= 15 is 0 Å². The van der Waals surface area contributed by atoms with Crippen LogP contribution >= 0.6 is 0 Å². The average molecular weight is 278 g/mol. The van der Waals surface area contributed by atoms with Gasteiger partial charge in [-0.05, 0) is 51.0 Å². The molecule has 0 radical (unpaired) electrons. The second kappa shape index (κ2) is 7.50. The van der Waals surface area contributed by atoms with Gasteiger partial charge in [-0.15, -0.1) is 0 Å². The lowest BCUT2D eigenvalue weighted by Gasteiger charge is -2.29. The zero-order chi connectivity index (χ0) is 14.4. The van der Waals surface area contributed by atoms with Gasteiger partial charge < -0.3 is 20.1 Å². The molecule has 20 heavy (non-hydrogen) atoms. The summed E-state index contributed by atoms with van der Waals surface area (Å²) in [6, 6.07) is 8.98. The Kier molecular flexibility index (Phi) is 5.68. The molecule has 0 spiro atoms. The highest BCUT2D eigenvalue weighted by atomic mass is 16.5. The maximum absolute atomic E-state index is 9.06. The lowest BCUT2D eigenvalue weighted by atomic mass is 10.0. The summed E-state index contributed by atoms with van der Waals surface area (Å²) < 4.78 is 5.57. The Bertz CT molecular complexity index is 394. The highest BCUT2D eigenvalue weighted by Gasteiger charge is 2.18. The van der Waals surface area contributed by atoms with Gasteiger partial charge in [-0.25, -0.2) is 0 Å². The Balaban J connectivity index is 1.93. The first-order valence-electron chi connectivity index (χ1n) is 7.57. The molecule has 1 heterocycles. The predicted octanol–water partition coefficient (Wildman–Crippen LogP) is 2.48. The fraction of sp³-hybridized carbons (Fsp3) is 0.625. The SMILES string of the molecule is CCN(CCO)c1ccc(NC2CCOC(C)C2)cc1. The number of aliphatic hydroxyl groups is 1. The van der Waals surface area contributed by atoms with E-state index in [0.29, 0.717) is 18.7 Å². The van der Waals surface area contributed by atoms with Crippen molar-refractivity contribution in [1.29, 1.82) is 0 Å². The number of ether oxygens (including phenoxy) is 1. The van der Waals surface area contributed by atoms with Crippen LogP contribution in [0.2, 0.25) is 0 Å². The molecule has 4 heteroatoms. The van der Waals surface area contributed by atoms with Crippen molar-refractivity contribution in [2.75, 3.05) is 36.5 Å². The number of hydrogen-bond acceptors (Lipinski definition) is 4.